The SMILES string of the molecule is Cc1cc(N2CCOCC2)ccc1/C=C(/C#N)C(=O)Nc1ccccc1Cl. The number of carbonyl (C=O) groups is 1. The number of para-hydroxylation sites is 1. The summed E-state index contributed by atoms with van der Waals surface area (Å²) in [7, 11) is 0. The maximum atomic E-state index is 12.4. The van der Waals surface area contributed by atoms with Crippen molar-refractivity contribution >= 4 is 35.0 Å². The van der Waals surface area contributed by atoms with Crippen molar-refractivity contribution < 1.29 is 9.53 Å². The van der Waals surface area contributed by atoms with Crippen LogP contribution in [0, 0.1) is 18.3 Å². The molecule has 27 heavy (non-hydrogen) atoms. The van der Waals surface area contributed by atoms with Gasteiger partial charge in [0.05, 0.1) is 23.9 Å². The first-order valence-electron chi connectivity index (χ1n) is 8.69. The molecule has 1 N–H and O–H groups in total. The summed E-state index contributed by atoms with van der Waals surface area (Å²) in [5.74, 6) is -0.484. The fourth-order valence-corrected chi connectivity index (χ4v) is 3.08. The van der Waals surface area contributed by atoms with Crippen molar-refractivity contribution in [3.8, 4) is 6.07 Å². The minimum atomic E-state index is -0.484. The summed E-state index contributed by atoms with van der Waals surface area (Å²) >= 11 is 6.06. The zero-order valence-corrected chi connectivity index (χ0v) is 15.8. The first kappa shape index (κ1) is 19.0. The fraction of sp³-hybridized carbons (Fsp3) is 0.238. The molecule has 1 heterocycles. The van der Waals surface area contributed by atoms with E-state index in [0.717, 1.165) is 43.1 Å². The highest BCUT2D eigenvalue weighted by Gasteiger charge is 2.14. The van der Waals surface area contributed by atoms with Gasteiger partial charge in [0.1, 0.15) is 11.6 Å². The molecule has 0 bridgehead atoms. The summed E-state index contributed by atoms with van der Waals surface area (Å²) < 4.78 is 5.38. The lowest BCUT2D eigenvalue weighted by atomic mass is 10.0. The minimum absolute atomic E-state index is 0.0251. The maximum absolute atomic E-state index is 12.4. The molecule has 0 aromatic heterocycles. The van der Waals surface area contributed by atoms with Crippen LogP contribution in [-0.2, 0) is 9.53 Å². The summed E-state index contributed by atoms with van der Waals surface area (Å²) in [6, 6.07) is 14.9. The third kappa shape index (κ3) is 4.68. The second-order valence-electron chi connectivity index (χ2n) is 6.24. The van der Waals surface area contributed by atoms with Crippen LogP contribution in [0.3, 0.4) is 0 Å². The molecular formula is C21H20ClN3O2. The molecule has 1 aliphatic rings. The Bertz CT molecular complexity index is 912. The van der Waals surface area contributed by atoms with Crippen LogP contribution in [-0.4, -0.2) is 32.2 Å². The molecule has 3 rings (SSSR count). The van der Waals surface area contributed by atoms with E-state index in [2.05, 4.69) is 16.3 Å². The number of nitriles is 1. The summed E-state index contributed by atoms with van der Waals surface area (Å²) in [5, 5.41) is 12.5. The molecule has 0 aliphatic carbocycles. The summed E-state index contributed by atoms with van der Waals surface area (Å²) in [6.45, 7) is 5.14. The van der Waals surface area contributed by atoms with Gasteiger partial charge < -0.3 is 15.0 Å². The Labute approximate surface area is 163 Å². The molecule has 6 heteroatoms. The van der Waals surface area contributed by atoms with E-state index in [4.69, 9.17) is 16.3 Å². The van der Waals surface area contributed by atoms with E-state index in [9.17, 15) is 10.1 Å². The number of halogens is 1. The second-order valence-corrected chi connectivity index (χ2v) is 6.65. The normalized spacial score (nSPS) is 14.6. The molecule has 0 spiro atoms. The van der Waals surface area contributed by atoms with E-state index in [1.807, 2.05) is 25.1 Å². The first-order valence-corrected chi connectivity index (χ1v) is 9.07. The molecule has 1 fully saturated rings. The first-order chi connectivity index (χ1) is 13.1. The van der Waals surface area contributed by atoms with Crippen molar-refractivity contribution in [3.05, 3.63) is 64.2 Å². The molecule has 0 radical (unpaired) electrons. The van der Waals surface area contributed by atoms with Gasteiger partial charge >= 0.3 is 0 Å². The average molecular weight is 382 g/mol. The van der Waals surface area contributed by atoms with Crippen molar-refractivity contribution in [2.75, 3.05) is 36.5 Å². The van der Waals surface area contributed by atoms with Crippen LogP contribution in [0.4, 0.5) is 11.4 Å². The lowest BCUT2D eigenvalue weighted by molar-refractivity contribution is -0.112. The number of hydrogen-bond acceptors (Lipinski definition) is 4. The van der Waals surface area contributed by atoms with Crippen LogP contribution in [0.5, 0.6) is 0 Å². The maximum Gasteiger partial charge on any atom is 0.266 e. The van der Waals surface area contributed by atoms with Crippen molar-refractivity contribution in [3.63, 3.8) is 0 Å². The van der Waals surface area contributed by atoms with E-state index < -0.39 is 5.91 Å². The lowest BCUT2D eigenvalue weighted by Gasteiger charge is -2.29. The van der Waals surface area contributed by atoms with E-state index >= 15 is 0 Å². The molecule has 0 atom stereocenters. The predicted octanol–water partition coefficient (Wildman–Crippen LogP) is 4.03. The average Bonchev–Trinajstić information content (AvgIpc) is 2.69. The van der Waals surface area contributed by atoms with Gasteiger partial charge in [-0.15, -0.1) is 0 Å². The largest absolute Gasteiger partial charge is 0.378 e. The number of benzene rings is 2. The summed E-state index contributed by atoms with van der Waals surface area (Å²) in [6.07, 6.45) is 1.60. The molecule has 0 unspecified atom stereocenters. The van der Waals surface area contributed by atoms with Crippen molar-refractivity contribution in [2.24, 2.45) is 0 Å². The number of nitrogens with one attached hydrogen (secondary N) is 1. The number of amides is 1. The van der Waals surface area contributed by atoms with Gasteiger partial charge in [-0.2, -0.15) is 5.26 Å². The predicted molar refractivity (Wildman–Crippen MR) is 108 cm³/mol. The molecule has 1 saturated heterocycles. The summed E-state index contributed by atoms with van der Waals surface area (Å²) in [5.41, 5.74) is 3.45. The van der Waals surface area contributed by atoms with Gasteiger partial charge in [-0.3, -0.25) is 4.79 Å². The standard InChI is InChI=1S/C21H20ClN3O2/c1-15-12-18(25-8-10-27-11-9-25)7-6-16(15)13-17(14-23)21(26)24-20-5-3-2-4-19(20)22/h2-7,12-13H,8-11H2,1H3,(H,24,26)/b17-13-. The number of nitrogens with zero attached hydrogens (tertiary/aromatic N) is 2. The fourth-order valence-electron chi connectivity index (χ4n) is 2.90. The van der Waals surface area contributed by atoms with Crippen molar-refractivity contribution in [2.45, 2.75) is 6.92 Å². The number of carbonyl (C=O) groups excluding carboxylic acids is 1. The van der Waals surface area contributed by atoms with Crippen molar-refractivity contribution in [1.29, 1.82) is 5.26 Å². The van der Waals surface area contributed by atoms with Gasteiger partial charge in [-0.1, -0.05) is 29.8 Å². The van der Waals surface area contributed by atoms with Crippen LogP contribution in [0.2, 0.25) is 5.02 Å². The second kappa shape index (κ2) is 8.72. The number of aryl methyl sites for hydroxylation is 1. The molecule has 138 valence electrons. The monoisotopic (exact) mass is 381 g/mol. The van der Waals surface area contributed by atoms with Gasteiger partial charge in [0, 0.05) is 18.8 Å². The molecule has 1 aliphatic heterocycles. The molecule has 0 saturated carbocycles. The number of ether oxygens (including phenoxy) is 1. The third-order valence-corrected chi connectivity index (χ3v) is 4.75. The van der Waals surface area contributed by atoms with Crippen LogP contribution in [0.25, 0.3) is 6.08 Å². The van der Waals surface area contributed by atoms with Crippen LogP contribution in [0.1, 0.15) is 11.1 Å². The Morgan fingerprint density at radius 1 is 1.26 bits per heavy atom. The number of hydrogen-bond donors (Lipinski definition) is 1. The number of morpholine rings is 1. The van der Waals surface area contributed by atoms with E-state index in [-0.39, 0.29) is 5.57 Å². The van der Waals surface area contributed by atoms with Crippen LogP contribution >= 0.6 is 11.6 Å². The summed E-state index contributed by atoms with van der Waals surface area (Å²) in [4.78, 5) is 14.7. The molecule has 2 aromatic rings. The highest BCUT2D eigenvalue weighted by molar-refractivity contribution is 6.34. The quantitative estimate of drug-likeness (QED) is 0.641. The van der Waals surface area contributed by atoms with E-state index in [1.54, 1.807) is 30.3 Å². The van der Waals surface area contributed by atoms with Gasteiger partial charge in [-0.05, 0) is 48.4 Å². The smallest absolute Gasteiger partial charge is 0.266 e. The minimum Gasteiger partial charge on any atom is -0.378 e. The zero-order chi connectivity index (χ0) is 19.2. The van der Waals surface area contributed by atoms with E-state index in [1.165, 1.54) is 0 Å². The molecular weight excluding hydrogens is 362 g/mol. The van der Waals surface area contributed by atoms with Crippen LogP contribution in [0.15, 0.2) is 48.0 Å². The highest BCUT2D eigenvalue weighted by Crippen LogP contribution is 2.24. The molecule has 5 nitrogen and oxygen atoms in total. The Balaban J connectivity index is 1.79. The van der Waals surface area contributed by atoms with E-state index in [0.29, 0.717) is 10.7 Å². The lowest BCUT2D eigenvalue weighted by Crippen LogP contribution is -2.36. The van der Waals surface area contributed by atoms with Gasteiger partial charge in [0.15, 0.2) is 0 Å². The van der Waals surface area contributed by atoms with Gasteiger partial charge in [0.2, 0.25) is 0 Å². The number of anilines is 2. The Morgan fingerprint density at radius 3 is 2.67 bits per heavy atom. The zero-order valence-electron chi connectivity index (χ0n) is 15.0. The molecule has 1 amide bonds. The Hall–Kier alpha value is -2.81. The Morgan fingerprint density at radius 2 is 2.00 bits per heavy atom. The number of rotatable bonds is 4. The van der Waals surface area contributed by atoms with Gasteiger partial charge in [-0.25, -0.2) is 0 Å². The highest BCUT2D eigenvalue weighted by atomic mass is 35.5. The van der Waals surface area contributed by atoms with Gasteiger partial charge in [0.25, 0.3) is 5.91 Å². The van der Waals surface area contributed by atoms with Crippen LogP contribution < -0.4 is 10.2 Å². The Kier molecular flexibility index (Phi) is 6.12. The van der Waals surface area contributed by atoms with Crippen molar-refractivity contribution in [1.82, 2.24) is 0 Å². The third-order valence-electron chi connectivity index (χ3n) is 4.42. The molecule has 2 aromatic carbocycles. The topological polar surface area (TPSA) is 65.4 Å².